The fourth-order valence-corrected chi connectivity index (χ4v) is 8.89. The fraction of sp³-hybridized carbons (Fsp3) is 0.926. The molecule has 0 amide bonds. The molecule has 5 unspecified atom stereocenters. The third-order valence-electron chi connectivity index (χ3n) is 10.1. The van der Waals surface area contributed by atoms with Gasteiger partial charge in [0.05, 0.1) is 13.2 Å². The molecule has 0 spiro atoms. The minimum absolute atomic E-state index is 0.303. The predicted molar refractivity (Wildman–Crippen MR) is 121 cm³/mol. The highest BCUT2D eigenvalue weighted by Crippen LogP contribution is 2.69. The molecule has 1 heterocycles. The van der Waals surface area contributed by atoms with Crippen LogP contribution in [0.2, 0.25) is 0 Å². The van der Waals surface area contributed by atoms with E-state index in [1.54, 1.807) is 0 Å². The van der Waals surface area contributed by atoms with Crippen molar-refractivity contribution in [2.75, 3.05) is 13.2 Å². The van der Waals surface area contributed by atoms with Gasteiger partial charge in [-0.2, -0.15) is 0 Å². The molecule has 4 saturated carbocycles. The first-order chi connectivity index (χ1) is 14.0. The predicted octanol–water partition coefficient (Wildman–Crippen LogP) is 7.07. The molecule has 5 rings (SSSR count). The Bertz CT molecular complexity index is 562. The highest BCUT2D eigenvalue weighted by atomic mass is 16.7. The van der Waals surface area contributed by atoms with E-state index in [0.29, 0.717) is 16.7 Å². The van der Waals surface area contributed by atoms with Gasteiger partial charge in [0.1, 0.15) is 0 Å². The average Bonchev–Trinajstić information content (AvgIpc) is 3.34. The van der Waals surface area contributed by atoms with Gasteiger partial charge in [-0.25, -0.2) is 0 Å². The molecule has 0 aromatic heterocycles. The minimum Gasteiger partial charge on any atom is -0.348 e. The summed E-state index contributed by atoms with van der Waals surface area (Å²) in [6.45, 7) is 13.1. The Morgan fingerprint density at radius 2 is 1.34 bits per heavy atom. The zero-order valence-electron chi connectivity index (χ0n) is 19.8. The Morgan fingerprint density at radius 3 is 2.03 bits per heavy atom. The maximum absolute atomic E-state index is 6.16. The summed E-state index contributed by atoms with van der Waals surface area (Å²) in [4.78, 5) is 0. The molecule has 166 valence electrons. The molecule has 2 heteroatoms. The number of terminal acetylenes is 1. The molecule has 0 aromatic carbocycles. The maximum atomic E-state index is 6.16. The molecule has 0 radical (unpaired) electrons. The molecule has 1 saturated heterocycles. The van der Waals surface area contributed by atoms with Gasteiger partial charge in [0.2, 0.25) is 0 Å². The molecule has 5 aliphatic rings. The van der Waals surface area contributed by atoms with Gasteiger partial charge in [0, 0.05) is 5.92 Å². The smallest absolute Gasteiger partial charge is 0.169 e. The lowest BCUT2D eigenvalue weighted by Crippen LogP contribution is -2.54. The van der Waals surface area contributed by atoms with E-state index in [1.165, 1.54) is 64.2 Å². The Morgan fingerprint density at radius 1 is 0.690 bits per heavy atom. The van der Waals surface area contributed by atoms with Crippen molar-refractivity contribution in [3.63, 3.8) is 0 Å². The maximum Gasteiger partial charge on any atom is 0.169 e. The molecule has 0 bridgehead atoms. The molecule has 7 atom stereocenters. The largest absolute Gasteiger partial charge is 0.348 e. The fourth-order valence-electron chi connectivity index (χ4n) is 8.89. The van der Waals surface area contributed by atoms with Gasteiger partial charge in [0.25, 0.3) is 0 Å². The quantitative estimate of drug-likeness (QED) is 0.436. The van der Waals surface area contributed by atoms with Crippen molar-refractivity contribution in [1.82, 2.24) is 0 Å². The van der Waals surface area contributed by atoms with Crippen molar-refractivity contribution in [2.24, 2.45) is 40.4 Å². The van der Waals surface area contributed by atoms with Gasteiger partial charge >= 0.3 is 0 Å². The van der Waals surface area contributed by atoms with E-state index in [1.807, 2.05) is 13.8 Å². The van der Waals surface area contributed by atoms with E-state index in [9.17, 15) is 0 Å². The molecular formula is C27H46O2. The van der Waals surface area contributed by atoms with Crippen molar-refractivity contribution in [3.05, 3.63) is 0 Å². The standard InChI is InChI=1S/C23H38O2.C2H6.C2H2/c1-21-12-5-4-6-16(21)7-8-17-18-9-10-20(23(3)24-14-15-25-23)22(18,2)13-11-19(17)21;2*1-2/h16-20H,4-15H2,1-3H3;1-2H3;1-2H/t16?,17?,18?,19?,20?,21-,22-;;/m0../s1. The second-order valence-corrected chi connectivity index (χ2v) is 10.8. The lowest BCUT2D eigenvalue weighted by atomic mass is 9.44. The van der Waals surface area contributed by atoms with E-state index >= 15 is 0 Å². The van der Waals surface area contributed by atoms with Gasteiger partial charge in [-0.05, 0) is 92.8 Å². The van der Waals surface area contributed by atoms with Gasteiger partial charge in [-0.1, -0.05) is 40.5 Å². The van der Waals surface area contributed by atoms with Crippen LogP contribution in [0.3, 0.4) is 0 Å². The van der Waals surface area contributed by atoms with E-state index in [4.69, 9.17) is 9.47 Å². The average molecular weight is 403 g/mol. The second-order valence-electron chi connectivity index (χ2n) is 10.8. The summed E-state index contributed by atoms with van der Waals surface area (Å²) in [5.41, 5.74) is 1.10. The zero-order chi connectivity index (χ0) is 21.3. The number of fused-ring (bicyclic) bond motifs is 5. The summed E-state index contributed by atoms with van der Waals surface area (Å²) in [5, 5.41) is 0. The Hall–Kier alpha value is -0.520. The summed E-state index contributed by atoms with van der Waals surface area (Å²) >= 11 is 0. The van der Waals surface area contributed by atoms with E-state index in [2.05, 4.69) is 33.6 Å². The minimum atomic E-state index is -0.303. The SMILES string of the molecule is C#C.CC.CC1(C2CCC3C4CCC5CCCC[C@]5(C)C4CC[C@@]32C)OCCO1. The summed E-state index contributed by atoms with van der Waals surface area (Å²) in [6, 6.07) is 0. The van der Waals surface area contributed by atoms with Crippen molar-refractivity contribution in [1.29, 1.82) is 0 Å². The lowest BCUT2D eigenvalue weighted by Gasteiger charge is -2.61. The number of hydrogen-bond acceptors (Lipinski definition) is 2. The van der Waals surface area contributed by atoms with Crippen LogP contribution < -0.4 is 0 Å². The number of ether oxygens (including phenoxy) is 2. The Kier molecular flexibility index (Phi) is 7.12. The van der Waals surface area contributed by atoms with Gasteiger partial charge in [-0.3, -0.25) is 0 Å². The topological polar surface area (TPSA) is 18.5 Å². The monoisotopic (exact) mass is 402 g/mol. The van der Waals surface area contributed by atoms with Gasteiger partial charge < -0.3 is 9.47 Å². The van der Waals surface area contributed by atoms with Crippen LogP contribution in [0.5, 0.6) is 0 Å². The lowest BCUT2D eigenvalue weighted by molar-refractivity contribution is -0.218. The van der Waals surface area contributed by atoms with Crippen LogP contribution in [0.4, 0.5) is 0 Å². The van der Waals surface area contributed by atoms with E-state index in [-0.39, 0.29) is 5.79 Å². The number of rotatable bonds is 1. The molecule has 1 aliphatic heterocycles. The summed E-state index contributed by atoms with van der Waals surface area (Å²) in [7, 11) is 0. The van der Waals surface area contributed by atoms with Crippen LogP contribution in [-0.2, 0) is 9.47 Å². The van der Waals surface area contributed by atoms with E-state index < -0.39 is 0 Å². The molecule has 5 fully saturated rings. The highest BCUT2D eigenvalue weighted by Gasteiger charge is 2.63. The van der Waals surface area contributed by atoms with Crippen LogP contribution in [0.1, 0.15) is 98.8 Å². The zero-order valence-corrected chi connectivity index (χ0v) is 19.8. The van der Waals surface area contributed by atoms with Crippen molar-refractivity contribution in [2.45, 2.75) is 105 Å². The van der Waals surface area contributed by atoms with Crippen LogP contribution >= 0.6 is 0 Å². The Labute approximate surface area is 180 Å². The first-order valence-electron chi connectivity index (χ1n) is 12.6. The van der Waals surface area contributed by atoms with Crippen LogP contribution in [0.25, 0.3) is 0 Å². The summed E-state index contributed by atoms with van der Waals surface area (Å²) < 4.78 is 12.3. The normalized spacial score (nSPS) is 47.3. The number of hydrogen-bond donors (Lipinski definition) is 0. The first-order valence-corrected chi connectivity index (χ1v) is 12.6. The van der Waals surface area contributed by atoms with Gasteiger partial charge in [-0.15, -0.1) is 12.8 Å². The third kappa shape index (κ3) is 3.59. The highest BCUT2D eigenvalue weighted by molar-refractivity contribution is 5.10. The third-order valence-corrected chi connectivity index (χ3v) is 10.1. The van der Waals surface area contributed by atoms with Gasteiger partial charge in [0.15, 0.2) is 5.79 Å². The van der Waals surface area contributed by atoms with Crippen molar-refractivity contribution in [3.8, 4) is 12.8 Å². The molecule has 4 aliphatic carbocycles. The van der Waals surface area contributed by atoms with Crippen molar-refractivity contribution >= 4 is 0 Å². The van der Waals surface area contributed by atoms with E-state index in [0.717, 1.165) is 36.9 Å². The molecule has 0 aromatic rings. The summed E-state index contributed by atoms with van der Waals surface area (Å²) in [5.74, 6) is 4.23. The second kappa shape index (κ2) is 8.92. The first kappa shape index (κ1) is 23.1. The summed E-state index contributed by atoms with van der Waals surface area (Å²) in [6.07, 6.45) is 22.7. The molecule has 2 nitrogen and oxygen atoms in total. The molecule has 29 heavy (non-hydrogen) atoms. The Balaban J connectivity index is 0.000000568. The van der Waals surface area contributed by atoms with Crippen molar-refractivity contribution < 1.29 is 9.47 Å². The van der Waals surface area contributed by atoms with Crippen LogP contribution in [0.15, 0.2) is 0 Å². The van der Waals surface area contributed by atoms with Crippen LogP contribution in [0, 0.1) is 53.3 Å². The molecular weight excluding hydrogens is 356 g/mol. The van der Waals surface area contributed by atoms with Crippen LogP contribution in [-0.4, -0.2) is 19.0 Å². The molecule has 0 N–H and O–H groups in total.